The van der Waals surface area contributed by atoms with Crippen molar-refractivity contribution in [2.24, 2.45) is 0 Å². The Bertz CT molecular complexity index is 413. The number of hydrogen-bond donors (Lipinski definition) is 0. The third kappa shape index (κ3) is 3.70. The number of nitrogens with zero attached hydrogens (tertiary/aromatic N) is 2. The Morgan fingerprint density at radius 1 is 1.33 bits per heavy atom. The van der Waals surface area contributed by atoms with Crippen LogP contribution in [0.25, 0.3) is 0 Å². The normalized spacial score (nSPS) is 17.8. The molecular weight excluding hydrogens is 336 g/mol. The van der Waals surface area contributed by atoms with Gasteiger partial charge in [0.15, 0.2) is 0 Å². The summed E-state index contributed by atoms with van der Waals surface area (Å²) in [7, 11) is 0. The molecular formula is C12H16BrClN2OS. The van der Waals surface area contributed by atoms with Crippen LogP contribution < -0.4 is 0 Å². The van der Waals surface area contributed by atoms with Crippen LogP contribution in [0.2, 0.25) is 4.34 Å². The molecule has 100 valence electrons. The first-order valence-corrected chi connectivity index (χ1v) is 8.35. The molecule has 18 heavy (non-hydrogen) atoms. The summed E-state index contributed by atoms with van der Waals surface area (Å²) in [6.45, 7) is 4.72. The Balaban J connectivity index is 1.95. The average molecular weight is 352 g/mol. The maximum atomic E-state index is 12.3. The van der Waals surface area contributed by atoms with Crippen LogP contribution in [0.1, 0.15) is 16.1 Å². The molecule has 6 heteroatoms. The SMILES string of the molecule is O=C(c1ccc(Cl)s1)N1CCCN(CCBr)CC1. The zero-order valence-corrected chi connectivity index (χ0v) is 13.2. The van der Waals surface area contributed by atoms with Crippen LogP contribution in [0, 0.1) is 0 Å². The van der Waals surface area contributed by atoms with Gasteiger partial charge in [0.2, 0.25) is 0 Å². The molecule has 1 saturated heterocycles. The average Bonchev–Trinajstić information content (AvgIpc) is 2.65. The molecule has 1 fully saturated rings. The molecule has 1 aromatic rings. The second-order valence-electron chi connectivity index (χ2n) is 4.28. The van der Waals surface area contributed by atoms with E-state index in [2.05, 4.69) is 20.8 Å². The second kappa shape index (κ2) is 6.89. The van der Waals surface area contributed by atoms with E-state index in [0.29, 0.717) is 4.34 Å². The van der Waals surface area contributed by atoms with Gasteiger partial charge in [-0.15, -0.1) is 11.3 Å². The predicted octanol–water partition coefficient (Wildman–Crippen LogP) is 2.94. The molecule has 2 rings (SSSR count). The van der Waals surface area contributed by atoms with Gasteiger partial charge < -0.3 is 9.80 Å². The zero-order valence-electron chi connectivity index (χ0n) is 10.1. The van der Waals surface area contributed by atoms with Crippen LogP contribution >= 0.6 is 38.9 Å². The monoisotopic (exact) mass is 350 g/mol. The lowest BCUT2D eigenvalue weighted by molar-refractivity contribution is 0.0766. The van der Waals surface area contributed by atoms with Gasteiger partial charge in [-0.05, 0) is 25.1 Å². The van der Waals surface area contributed by atoms with E-state index in [1.165, 1.54) is 11.3 Å². The van der Waals surface area contributed by atoms with E-state index in [4.69, 9.17) is 11.6 Å². The number of alkyl halides is 1. The van der Waals surface area contributed by atoms with Crippen molar-refractivity contribution in [1.82, 2.24) is 9.80 Å². The van der Waals surface area contributed by atoms with E-state index in [9.17, 15) is 4.79 Å². The van der Waals surface area contributed by atoms with Crippen LogP contribution in [-0.4, -0.2) is 53.8 Å². The minimum atomic E-state index is 0.118. The number of halogens is 2. The molecule has 1 aromatic heterocycles. The first-order valence-electron chi connectivity index (χ1n) is 6.03. The van der Waals surface area contributed by atoms with E-state index in [1.807, 2.05) is 11.0 Å². The topological polar surface area (TPSA) is 23.6 Å². The highest BCUT2D eigenvalue weighted by molar-refractivity contribution is 9.09. The fourth-order valence-electron chi connectivity index (χ4n) is 2.10. The lowest BCUT2D eigenvalue weighted by Gasteiger charge is -2.20. The number of hydrogen-bond acceptors (Lipinski definition) is 3. The molecule has 3 nitrogen and oxygen atoms in total. The van der Waals surface area contributed by atoms with Crippen LogP contribution in [-0.2, 0) is 0 Å². The molecule has 1 aliphatic heterocycles. The number of thiophene rings is 1. The fourth-order valence-corrected chi connectivity index (χ4v) is 3.61. The van der Waals surface area contributed by atoms with Crippen molar-refractivity contribution in [1.29, 1.82) is 0 Å². The number of carbonyl (C=O) groups is 1. The summed E-state index contributed by atoms with van der Waals surface area (Å²) in [6.07, 6.45) is 1.04. The first kappa shape index (κ1) is 14.3. The quantitative estimate of drug-likeness (QED) is 0.782. The van der Waals surface area contributed by atoms with E-state index in [0.717, 1.165) is 49.4 Å². The van der Waals surface area contributed by atoms with E-state index < -0.39 is 0 Å². The van der Waals surface area contributed by atoms with Crippen LogP contribution in [0.4, 0.5) is 0 Å². The standard InChI is InChI=1S/C12H16BrClN2OS/c13-4-7-15-5-1-6-16(9-8-15)12(17)10-2-3-11(14)18-10/h2-3H,1,4-9H2. The minimum Gasteiger partial charge on any atom is -0.337 e. The first-order chi connectivity index (χ1) is 8.70. The Labute approximate surface area is 125 Å². The highest BCUT2D eigenvalue weighted by Crippen LogP contribution is 2.23. The van der Waals surface area contributed by atoms with Crippen molar-refractivity contribution in [2.45, 2.75) is 6.42 Å². The number of carbonyl (C=O) groups excluding carboxylic acids is 1. The van der Waals surface area contributed by atoms with Gasteiger partial charge in [-0.1, -0.05) is 27.5 Å². The zero-order chi connectivity index (χ0) is 13.0. The van der Waals surface area contributed by atoms with Crippen molar-refractivity contribution in [3.05, 3.63) is 21.3 Å². The smallest absolute Gasteiger partial charge is 0.264 e. The third-order valence-corrected chi connectivity index (χ3v) is 4.63. The largest absolute Gasteiger partial charge is 0.337 e. The fraction of sp³-hybridized carbons (Fsp3) is 0.583. The molecule has 0 saturated carbocycles. The highest BCUT2D eigenvalue weighted by Gasteiger charge is 2.20. The molecule has 1 aliphatic rings. The van der Waals surface area contributed by atoms with Gasteiger partial charge in [-0.2, -0.15) is 0 Å². The lowest BCUT2D eigenvalue weighted by Crippen LogP contribution is -2.35. The van der Waals surface area contributed by atoms with E-state index in [-0.39, 0.29) is 5.91 Å². The molecule has 0 N–H and O–H groups in total. The van der Waals surface area contributed by atoms with Crippen LogP contribution in [0.3, 0.4) is 0 Å². The van der Waals surface area contributed by atoms with E-state index >= 15 is 0 Å². The lowest BCUT2D eigenvalue weighted by atomic mass is 10.3. The summed E-state index contributed by atoms with van der Waals surface area (Å²) in [4.78, 5) is 17.4. The van der Waals surface area contributed by atoms with Crippen LogP contribution in [0.5, 0.6) is 0 Å². The predicted molar refractivity (Wildman–Crippen MR) is 80.1 cm³/mol. The molecule has 0 aromatic carbocycles. The molecule has 0 atom stereocenters. The summed E-state index contributed by atoms with van der Waals surface area (Å²) < 4.78 is 0.675. The molecule has 0 bridgehead atoms. The Kier molecular flexibility index (Phi) is 5.48. The van der Waals surface area contributed by atoms with Crippen molar-refractivity contribution >= 4 is 44.8 Å². The number of rotatable bonds is 3. The molecule has 0 aliphatic carbocycles. The van der Waals surface area contributed by atoms with Gasteiger partial charge in [-0.25, -0.2) is 0 Å². The van der Waals surface area contributed by atoms with Gasteiger partial charge in [-0.3, -0.25) is 4.79 Å². The Morgan fingerprint density at radius 2 is 2.17 bits per heavy atom. The Hall–Kier alpha value is -0.100. The van der Waals surface area contributed by atoms with Gasteiger partial charge in [0, 0.05) is 31.5 Å². The molecule has 0 spiro atoms. The van der Waals surface area contributed by atoms with Crippen molar-refractivity contribution in [3.8, 4) is 0 Å². The van der Waals surface area contributed by atoms with Crippen molar-refractivity contribution in [3.63, 3.8) is 0 Å². The summed E-state index contributed by atoms with van der Waals surface area (Å²) in [5.74, 6) is 0.118. The summed E-state index contributed by atoms with van der Waals surface area (Å²) in [5.41, 5.74) is 0. The summed E-state index contributed by atoms with van der Waals surface area (Å²) >= 11 is 10.7. The molecule has 0 unspecified atom stereocenters. The maximum absolute atomic E-state index is 12.3. The van der Waals surface area contributed by atoms with Crippen molar-refractivity contribution in [2.75, 3.05) is 38.1 Å². The van der Waals surface area contributed by atoms with Gasteiger partial charge in [0.25, 0.3) is 5.91 Å². The minimum absolute atomic E-state index is 0.118. The summed E-state index contributed by atoms with van der Waals surface area (Å²) in [6, 6.07) is 3.60. The maximum Gasteiger partial charge on any atom is 0.264 e. The molecule has 2 heterocycles. The third-order valence-electron chi connectivity index (χ3n) is 3.06. The Morgan fingerprint density at radius 3 is 2.83 bits per heavy atom. The number of amides is 1. The van der Waals surface area contributed by atoms with Crippen molar-refractivity contribution < 1.29 is 4.79 Å². The van der Waals surface area contributed by atoms with Crippen LogP contribution in [0.15, 0.2) is 12.1 Å². The molecule has 1 amide bonds. The van der Waals surface area contributed by atoms with Gasteiger partial charge >= 0.3 is 0 Å². The van der Waals surface area contributed by atoms with Gasteiger partial charge in [0.1, 0.15) is 0 Å². The van der Waals surface area contributed by atoms with E-state index in [1.54, 1.807) is 6.07 Å². The molecule has 0 radical (unpaired) electrons. The second-order valence-corrected chi connectivity index (χ2v) is 6.79. The van der Waals surface area contributed by atoms with Gasteiger partial charge in [0.05, 0.1) is 9.21 Å². The summed E-state index contributed by atoms with van der Waals surface area (Å²) in [5, 5.41) is 0.988. The highest BCUT2D eigenvalue weighted by atomic mass is 79.9.